The highest BCUT2D eigenvalue weighted by atomic mass is 16.3. The molecule has 1 aromatic carbocycles. The van der Waals surface area contributed by atoms with Crippen LogP contribution in [0.3, 0.4) is 0 Å². The zero-order valence-corrected chi connectivity index (χ0v) is 12.3. The Hall–Kier alpha value is -1.75. The molecule has 1 fully saturated rings. The molecule has 5 nitrogen and oxygen atoms in total. The van der Waals surface area contributed by atoms with Crippen LogP contribution in [-0.4, -0.2) is 35.3 Å². The predicted octanol–water partition coefficient (Wildman–Crippen LogP) is 2.14. The van der Waals surface area contributed by atoms with E-state index in [2.05, 4.69) is 10.6 Å². The Morgan fingerprint density at radius 2 is 1.67 bits per heavy atom. The molecule has 0 unspecified atom stereocenters. The summed E-state index contributed by atoms with van der Waals surface area (Å²) in [5, 5.41) is 25.4. The van der Waals surface area contributed by atoms with Crippen molar-refractivity contribution in [2.45, 2.75) is 44.6 Å². The summed E-state index contributed by atoms with van der Waals surface area (Å²) in [4.78, 5) is 11.9. The number of aromatic hydroxyl groups is 2. The summed E-state index contributed by atoms with van der Waals surface area (Å²) < 4.78 is 0. The summed E-state index contributed by atoms with van der Waals surface area (Å²) in [7, 11) is 0. The van der Waals surface area contributed by atoms with E-state index in [0.717, 1.165) is 0 Å². The van der Waals surface area contributed by atoms with Crippen molar-refractivity contribution in [2.24, 2.45) is 0 Å². The molecule has 1 amide bonds. The first kappa shape index (κ1) is 15.6. The van der Waals surface area contributed by atoms with E-state index in [1.807, 2.05) is 0 Å². The van der Waals surface area contributed by atoms with E-state index in [-0.39, 0.29) is 17.1 Å². The van der Waals surface area contributed by atoms with E-state index in [4.69, 9.17) is 0 Å². The largest absolute Gasteiger partial charge is 0.507 e. The van der Waals surface area contributed by atoms with E-state index in [1.165, 1.54) is 56.7 Å². The summed E-state index contributed by atoms with van der Waals surface area (Å²) >= 11 is 0. The topological polar surface area (TPSA) is 81.6 Å². The fourth-order valence-electron chi connectivity index (χ4n) is 2.79. The van der Waals surface area contributed by atoms with Crippen molar-refractivity contribution in [3.05, 3.63) is 23.8 Å². The molecule has 0 radical (unpaired) electrons. The van der Waals surface area contributed by atoms with Gasteiger partial charge in [0, 0.05) is 19.1 Å². The summed E-state index contributed by atoms with van der Waals surface area (Å²) in [6, 6.07) is 4.81. The van der Waals surface area contributed by atoms with Crippen molar-refractivity contribution in [1.29, 1.82) is 0 Å². The number of nitrogens with one attached hydrogen (secondary N) is 2. The van der Waals surface area contributed by atoms with E-state index >= 15 is 0 Å². The first-order valence-corrected chi connectivity index (χ1v) is 7.71. The third kappa shape index (κ3) is 4.63. The molecule has 0 atom stereocenters. The maximum absolute atomic E-state index is 11.9. The van der Waals surface area contributed by atoms with Crippen LogP contribution in [0.2, 0.25) is 0 Å². The quantitative estimate of drug-likeness (QED) is 0.495. The number of amides is 1. The lowest BCUT2D eigenvalue weighted by Gasteiger charge is -2.16. The Morgan fingerprint density at radius 1 is 1.05 bits per heavy atom. The minimum Gasteiger partial charge on any atom is -0.507 e. The molecule has 0 spiro atoms. The van der Waals surface area contributed by atoms with Crippen LogP contribution in [0.5, 0.6) is 11.5 Å². The zero-order chi connectivity index (χ0) is 15.1. The molecule has 0 bridgehead atoms. The highest BCUT2D eigenvalue weighted by molar-refractivity contribution is 5.99. The molecule has 0 aromatic heterocycles. The first-order chi connectivity index (χ1) is 10.2. The molecule has 0 heterocycles. The average molecular weight is 292 g/mol. The van der Waals surface area contributed by atoms with Gasteiger partial charge in [-0.2, -0.15) is 0 Å². The Labute approximate surface area is 125 Å². The zero-order valence-electron chi connectivity index (χ0n) is 12.3. The molecule has 5 heteroatoms. The Balaban J connectivity index is 1.74. The van der Waals surface area contributed by atoms with Crippen molar-refractivity contribution in [2.75, 3.05) is 13.1 Å². The third-order valence-corrected chi connectivity index (χ3v) is 3.95. The van der Waals surface area contributed by atoms with Gasteiger partial charge in [-0.25, -0.2) is 0 Å². The van der Waals surface area contributed by atoms with Crippen LogP contribution in [0.1, 0.15) is 48.9 Å². The van der Waals surface area contributed by atoms with Gasteiger partial charge in [0.1, 0.15) is 17.1 Å². The molecule has 2 rings (SSSR count). The minimum absolute atomic E-state index is 0.0630. The number of rotatable bonds is 5. The summed E-state index contributed by atoms with van der Waals surface area (Å²) in [6.07, 6.45) is 7.59. The molecule has 4 N–H and O–H groups in total. The smallest absolute Gasteiger partial charge is 0.258 e. The molecule has 21 heavy (non-hydrogen) atoms. The number of hydrogen-bond donors (Lipinski definition) is 4. The fraction of sp³-hybridized carbons (Fsp3) is 0.562. The number of benzene rings is 1. The first-order valence-electron chi connectivity index (χ1n) is 7.71. The van der Waals surface area contributed by atoms with Crippen molar-refractivity contribution in [3.63, 3.8) is 0 Å². The molecule has 1 aliphatic carbocycles. The Kier molecular flexibility index (Phi) is 5.87. The van der Waals surface area contributed by atoms with Gasteiger partial charge in [0.05, 0.1) is 0 Å². The summed E-state index contributed by atoms with van der Waals surface area (Å²) in [5.74, 6) is -0.860. The maximum atomic E-state index is 11.9. The summed E-state index contributed by atoms with van der Waals surface area (Å²) in [6.45, 7) is 1.17. The van der Waals surface area contributed by atoms with Crippen molar-refractivity contribution in [3.8, 4) is 11.5 Å². The molecular weight excluding hydrogens is 268 g/mol. The molecule has 1 aliphatic rings. The normalized spacial score (nSPS) is 16.4. The lowest BCUT2D eigenvalue weighted by molar-refractivity contribution is 0.0948. The van der Waals surface area contributed by atoms with Gasteiger partial charge in [0.15, 0.2) is 0 Å². The van der Waals surface area contributed by atoms with Gasteiger partial charge < -0.3 is 20.8 Å². The molecule has 1 aromatic rings. The number of carbonyl (C=O) groups is 1. The van der Waals surface area contributed by atoms with Gasteiger partial charge in [-0.1, -0.05) is 31.7 Å². The molecule has 1 saturated carbocycles. The molecule has 0 aliphatic heterocycles. The second-order valence-corrected chi connectivity index (χ2v) is 5.57. The van der Waals surface area contributed by atoms with E-state index in [1.54, 1.807) is 0 Å². The second-order valence-electron chi connectivity index (χ2n) is 5.57. The highest BCUT2D eigenvalue weighted by Crippen LogP contribution is 2.25. The fourth-order valence-corrected chi connectivity index (χ4v) is 2.79. The standard InChI is InChI=1S/C16H24N2O3/c19-13-8-5-9-14(20)15(13)16(21)18-11-10-17-12-6-3-1-2-4-7-12/h5,8-9,12,17,19-20H,1-4,6-7,10-11H2,(H,18,21). The van der Waals surface area contributed by atoms with Gasteiger partial charge in [0.25, 0.3) is 5.91 Å². The van der Waals surface area contributed by atoms with Crippen LogP contribution in [-0.2, 0) is 0 Å². The van der Waals surface area contributed by atoms with Crippen LogP contribution in [0.15, 0.2) is 18.2 Å². The maximum Gasteiger partial charge on any atom is 0.258 e. The highest BCUT2D eigenvalue weighted by Gasteiger charge is 2.15. The lowest BCUT2D eigenvalue weighted by atomic mass is 10.1. The number of phenolic OH excluding ortho intramolecular Hbond substituents is 2. The van der Waals surface area contributed by atoms with Crippen molar-refractivity contribution >= 4 is 5.91 Å². The van der Waals surface area contributed by atoms with Crippen molar-refractivity contribution < 1.29 is 15.0 Å². The van der Waals surface area contributed by atoms with E-state index in [9.17, 15) is 15.0 Å². The lowest BCUT2D eigenvalue weighted by Crippen LogP contribution is -2.36. The molecular formula is C16H24N2O3. The average Bonchev–Trinajstić information content (AvgIpc) is 2.72. The number of hydrogen-bond acceptors (Lipinski definition) is 4. The van der Waals surface area contributed by atoms with Crippen LogP contribution < -0.4 is 10.6 Å². The van der Waals surface area contributed by atoms with Gasteiger partial charge in [0.2, 0.25) is 0 Å². The van der Waals surface area contributed by atoms with Gasteiger partial charge in [-0.15, -0.1) is 0 Å². The minimum atomic E-state index is -0.451. The number of carbonyl (C=O) groups excluding carboxylic acids is 1. The molecule has 0 saturated heterocycles. The second kappa shape index (κ2) is 7.88. The van der Waals surface area contributed by atoms with Crippen LogP contribution in [0.4, 0.5) is 0 Å². The van der Waals surface area contributed by atoms with Crippen LogP contribution in [0, 0.1) is 0 Å². The van der Waals surface area contributed by atoms with E-state index < -0.39 is 5.91 Å². The van der Waals surface area contributed by atoms with Gasteiger partial charge in [-0.05, 0) is 25.0 Å². The van der Waals surface area contributed by atoms with Crippen LogP contribution in [0.25, 0.3) is 0 Å². The Bertz CT molecular complexity index is 448. The SMILES string of the molecule is O=C(NCCNC1CCCCCC1)c1c(O)cccc1O. The summed E-state index contributed by atoms with van der Waals surface area (Å²) in [5.41, 5.74) is -0.0630. The van der Waals surface area contributed by atoms with E-state index in [0.29, 0.717) is 19.1 Å². The third-order valence-electron chi connectivity index (χ3n) is 3.95. The van der Waals surface area contributed by atoms with Gasteiger partial charge >= 0.3 is 0 Å². The van der Waals surface area contributed by atoms with Gasteiger partial charge in [-0.3, -0.25) is 4.79 Å². The molecule has 116 valence electrons. The van der Waals surface area contributed by atoms with Crippen molar-refractivity contribution in [1.82, 2.24) is 10.6 Å². The Morgan fingerprint density at radius 3 is 2.29 bits per heavy atom. The predicted molar refractivity (Wildman–Crippen MR) is 81.6 cm³/mol. The van der Waals surface area contributed by atoms with Crippen LogP contribution >= 0.6 is 0 Å². The monoisotopic (exact) mass is 292 g/mol. The number of phenols is 2.